The second-order valence-electron chi connectivity index (χ2n) is 3.82. The third-order valence-corrected chi connectivity index (χ3v) is 3.25. The second-order valence-corrected chi connectivity index (χ2v) is 4.61. The van der Waals surface area contributed by atoms with Crippen LogP contribution in [0.4, 0.5) is 13.2 Å². The Hall–Kier alpha value is -0.970. The highest BCUT2D eigenvalue weighted by molar-refractivity contribution is 9.10. The lowest BCUT2D eigenvalue weighted by atomic mass is 10.1. The van der Waals surface area contributed by atoms with Crippen molar-refractivity contribution in [3.8, 4) is 0 Å². The topological polar surface area (TPSA) is 15.8 Å². The molecule has 2 aromatic rings. The third-order valence-electron chi connectivity index (χ3n) is 2.46. The molecule has 0 radical (unpaired) electrons. The first-order chi connectivity index (χ1) is 7.30. The van der Waals surface area contributed by atoms with Crippen molar-refractivity contribution in [1.29, 1.82) is 0 Å². The Kier molecular flexibility index (Phi) is 2.53. The summed E-state index contributed by atoms with van der Waals surface area (Å²) in [6, 6.07) is 3.57. The number of hydrogen-bond acceptors (Lipinski definition) is 0. The first-order valence-corrected chi connectivity index (χ1v) is 5.45. The molecule has 2 rings (SSSR count). The molecule has 0 aliphatic carbocycles. The number of alkyl halides is 3. The number of aromatic amines is 1. The van der Waals surface area contributed by atoms with Crippen molar-refractivity contribution in [2.45, 2.75) is 20.0 Å². The van der Waals surface area contributed by atoms with E-state index in [-0.39, 0.29) is 4.47 Å². The molecular weight excluding hydrogens is 283 g/mol. The van der Waals surface area contributed by atoms with Gasteiger partial charge < -0.3 is 4.98 Å². The molecule has 1 N–H and O–H groups in total. The first kappa shape index (κ1) is 11.5. The van der Waals surface area contributed by atoms with E-state index in [2.05, 4.69) is 20.9 Å². The van der Waals surface area contributed by atoms with Gasteiger partial charge in [-0.15, -0.1) is 0 Å². The number of H-pyrrole nitrogens is 1. The fourth-order valence-corrected chi connectivity index (χ4v) is 2.72. The summed E-state index contributed by atoms with van der Waals surface area (Å²) in [6.07, 6.45) is -4.36. The molecule has 0 aliphatic heterocycles. The van der Waals surface area contributed by atoms with Crippen LogP contribution in [0.1, 0.15) is 16.8 Å². The van der Waals surface area contributed by atoms with E-state index in [1.165, 1.54) is 0 Å². The Morgan fingerprint density at radius 3 is 2.38 bits per heavy atom. The van der Waals surface area contributed by atoms with E-state index in [4.69, 9.17) is 0 Å². The molecule has 1 aromatic heterocycles. The van der Waals surface area contributed by atoms with E-state index in [9.17, 15) is 13.2 Å². The Morgan fingerprint density at radius 2 is 1.81 bits per heavy atom. The highest BCUT2D eigenvalue weighted by Gasteiger charge is 2.36. The zero-order chi connectivity index (χ0) is 12.1. The van der Waals surface area contributed by atoms with Crippen LogP contribution in [0.5, 0.6) is 0 Å². The van der Waals surface area contributed by atoms with Gasteiger partial charge in [0, 0.05) is 10.9 Å². The Morgan fingerprint density at radius 1 is 1.19 bits per heavy atom. The van der Waals surface area contributed by atoms with Crippen molar-refractivity contribution in [2.75, 3.05) is 0 Å². The van der Waals surface area contributed by atoms with Crippen molar-refractivity contribution < 1.29 is 13.2 Å². The average molecular weight is 292 g/mol. The predicted octanol–water partition coefficient (Wildman–Crippen LogP) is 4.57. The number of benzene rings is 1. The maximum atomic E-state index is 12.7. The predicted molar refractivity (Wildman–Crippen MR) is 60.5 cm³/mol. The average Bonchev–Trinajstić information content (AvgIpc) is 2.41. The molecule has 0 amide bonds. The summed E-state index contributed by atoms with van der Waals surface area (Å²) in [6.45, 7) is 3.66. The molecule has 0 saturated heterocycles. The van der Waals surface area contributed by atoms with E-state index in [1.54, 1.807) is 13.0 Å². The van der Waals surface area contributed by atoms with Gasteiger partial charge in [0.25, 0.3) is 0 Å². The number of nitrogens with one attached hydrogen (secondary N) is 1. The molecule has 16 heavy (non-hydrogen) atoms. The maximum Gasteiger partial charge on any atom is 0.432 e. The third kappa shape index (κ3) is 1.73. The van der Waals surface area contributed by atoms with Crippen molar-refractivity contribution in [3.63, 3.8) is 0 Å². The van der Waals surface area contributed by atoms with Gasteiger partial charge in [-0.05, 0) is 47.0 Å². The number of rotatable bonds is 0. The van der Waals surface area contributed by atoms with Crippen LogP contribution >= 0.6 is 15.9 Å². The monoisotopic (exact) mass is 291 g/mol. The minimum absolute atomic E-state index is 0.0903. The molecule has 1 aromatic carbocycles. The summed E-state index contributed by atoms with van der Waals surface area (Å²) in [5.41, 5.74) is 1.55. The maximum absolute atomic E-state index is 12.7. The van der Waals surface area contributed by atoms with Crippen molar-refractivity contribution in [3.05, 3.63) is 33.4 Å². The van der Waals surface area contributed by atoms with Crippen LogP contribution in [0, 0.1) is 13.8 Å². The number of aromatic nitrogens is 1. The van der Waals surface area contributed by atoms with Gasteiger partial charge in [-0.2, -0.15) is 13.2 Å². The fourth-order valence-electron chi connectivity index (χ4n) is 1.87. The van der Waals surface area contributed by atoms with E-state index >= 15 is 0 Å². The number of halogens is 4. The summed E-state index contributed by atoms with van der Waals surface area (Å²) in [4.78, 5) is 2.41. The molecule has 0 saturated carbocycles. The zero-order valence-electron chi connectivity index (χ0n) is 8.67. The Labute approximate surface area is 98.8 Å². The lowest BCUT2D eigenvalue weighted by Crippen LogP contribution is -2.05. The largest absolute Gasteiger partial charge is 0.432 e. The van der Waals surface area contributed by atoms with Crippen LogP contribution in [0.25, 0.3) is 10.9 Å². The molecule has 0 unspecified atom stereocenters. The standard InChI is InChI=1S/C11H9BrF3N/c1-5-3-6(2)8-7(4-5)16-10(9(8)12)11(13,14)15/h3-4,16H,1-2H3. The SMILES string of the molecule is Cc1cc(C)c2c(Br)c(C(F)(F)F)[nH]c2c1. The van der Waals surface area contributed by atoms with Crippen LogP contribution in [-0.4, -0.2) is 4.98 Å². The number of fused-ring (bicyclic) bond motifs is 1. The molecule has 0 bridgehead atoms. The van der Waals surface area contributed by atoms with Crippen molar-refractivity contribution in [1.82, 2.24) is 4.98 Å². The van der Waals surface area contributed by atoms with Gasteiger partial charge in [-0.1, -0.05) is 6.07 Å². The van der Waals surface area contributed by atoms with Crippen LogP contribution in [0.15, 0.2) is 16.6 Å². The second kappa shape index (κ2) is 3.52. The summed E-state index contributed by atoms with van der Waals surface area (Å²) in [5.74, 6) is 0. The molecule has 1 nitrogen and oxygen atoms in total. The van der Waals surface area contributed by atoms with Gasteiger partial charge in [0.2, 0.25) is 0 Å². The van der Waals surface area contributed by atoms with Crippen molar-refractivity contribution >= 4 is 26.8 Å². The first-order valence-electron chi connectivity index (χ1n) is 4.66. The smallest absolute Gasteiger partial charge is 0.350 e. The van der Waals surface area contributed by atoms with Gasteiger partial charge in [0.15, 0.2) is 0 Å². The minimum Gasteiger partial charge on any atom is -0.350 e. The van der Waals surface area contributed by atoms with Gasteiger partial charge >= 0.3 is 6.18 Å². The van der Waals surface area contributed by atoms with Crippen LogP contribution < -0.4 is 0 Å². The molecule has 0 spiro atoms. The molecule has 0 aliphatic rings. The lowest BCUT2D eigenvalue weighted by molar-refractivity contribution is -0.141. The number of hydrogen-bond donors (Lipinski definition) is 1. The normalized spacial score (nSPS) is 12.4. The van der Waals surface area contributed by atoms with Gasteiger partial charge in [0.1, 0.15) is 5.69 Å². The number of aryl methyl sites for hydroxylation is 2. The molecular formula is C11H9BrF3N. The molecule has 1 heterocycles. The lowest BCUT2D eigenvalue weighted by Gasteiger charge is -2.03. The molecule has 86 valence electrons. The molecule has 0 fully saturated rings. The van der Waals surface area contributed by atoms with Crippen LogP contribution in [0.2, 0.25) is 0 Å². The molecule has 0 atom stereocenters. The van der Waals surface area contributed by atoms with Crippen LogP contribution in [0.3, 0.4) is 0 Å². The van der Waals surface area contributed by atoms with E-state index in [0.29, 0.717) is 10.9 Å². The summed E-state index contributed by atoms with van der Waals surface area (Å²) in [5, 5.41) is 0.595. The Bertz CT molecular complexity index is 554. The van der Waals surface area contributed by atoms with E-state index < -0.39 is 11.9 Å². The zero-order valence-corrected chi connectivity index (χ0v) is 10.3. The van der Waals surface area contributed by atoms with Gasteiger partial charge in [-0.3, -0.25) is 0 Å². The quantitative estimate of drug-likeness (QED) is 0.732. The van der Waals surface area contributed by atoms with Crippen LogP contribution in [-0.2, 0) is 6.18 Å². The van der Waals surface area contributed by atoms with E-state index in [1.807, 2.05) is 13.0 Å². The van der Waals surface area contributed by atoms with Crippen molar-refractivity contribution in [2.24, 2.45) is 0 Å². The summed E-state index contributed by atoms with van der Waals surface area (Å²) < 4.78 is 38.1. The van der Waals surface area contributed by atoms with Gasteiger partial charge in [0.05, 0.1) is 4.47 Å². The highest BCUT2D eigenvalue weighted by atomic mass is 79.9. The summed E-state index contributed by atoms with van der Waals surface area (Å²) >= 11 is 3.01. The fraction of sp³-hybridized carbons (Fsp3) is 0.273. The van der Waals surface area contributed by atoms with Gasteiger partial charge in [-0.25, -0.2) is 0 Å². The Balaban J connectivity index is 2.83. The van der Waals surface area contributed by atoms with E-state index in [0.717, 1.165) is 11.1 Å². The minimum atomic E-state index is -4.36. The molecule has 5 heteroatoms. The summed E-state index contributed by atoms with van der Waals surface area (Å²) in [7, 11) is 0. The highest BCUT2D eigenvalue weighted by Crippen LogP contribution is 2.39.